The van der Waals surface area contributed by atoms with Crippen LogP contribution in [0.3, 0.4) is 0 Å². The quantitative estimate of drug-likeness (QED) is 0.739. The number of H-pyrrole nitrogens is 1. The second-order valence-electron chi connectivity index (χ2n) is 6.14. The summed E-state index contributed by atoms with van der Waals surface area (Å²) in [7, 11) is -3.77. The number of rotatable bonds is 4. The highest BCUT2D eigenvalue weighted by molar-refractivity contribution is 7.92. The summed E-state index contributed by atoms with van der Waals surface area (Å²) in [6, 6.07) is 13.4. The fraction of sp³-hybridized carbons (Fsp3) is 0.158. The molecule has 0 atom stereocenters. The van der Waals surface area contributed by atoms with Crippen LogP contribution in [0.1, 0.15) is 16.7 Å². The van der Waals surface area contributed by atoms with Crippen LogP contribution < -0.4 is 10.3 Å². The van der Waals surface area contributed by atoms with Gasteiger partial charge in [-0.1, -0.05) is 24.3 Å². The van der Waals surface area contributed by atoms with Crippen molar-refractivity contribution in [2.75, 3.05) is 4.72 Å². The van der Waals surface area contributed by atoms with E-state index in [-0.39, 0.29) is 10.5 Å². The molecule has 6 nitrogen and oxygen atoms in total. The first kappa shape index (κ1) is 17.9. The summed E-state index contributed by atoms with van der Waals surface area (Å²) in [5.41, 5.74) is 3.85. The molecule has 1 heterocycles. The molecule has 26 heavy (non-hydrogen) atoms. The van der Waals surface area contributed by atoms with E-state index in [1.165, 1.54) is 6.07 Å². The number of sulfonamides is 1. The average Bonchev–Trinajstić information content (AvgIpc) is 2.60. The zero-order chi connectivity index (χ0) is 18.9. The Balaban J connectivity index is 2.04. The van der Waals surface area contributed by atoms with E-state index >= 15 is 0 Å². The van der Waals surface area contributed by atoms with Crippen molar-refractivity contribution in [3.8, 4) is 11.3 Å². The SMILES string of the molecule is Cc1ccc(-c2ccc(=O)[nH]n2)cc1S(=O)(=O)Nc1cccc(C)c1C. The number of hydrogen-bond donors (Lipinski definition) is 2. The maximum Gasteiger partial charge on any atom is 0.264 e. The van der Waals surface area contributed by atoms with Crippen molar-refractivity contribution in [1.29, 1.82) is 0 Å². The molecule has 0 aliphatic rings. The molecule has 134 valence electrons. The zero-order valence-corrected chi connectivity index (χ0v) is 15.5. The van der Waals surface area contributed by atoms with Gasteiger partial charge in [-0.25, -0.2) is 13.5 Å². The molecule has 7 heteroatoms. The lowest BCUT2D eigenvalue weighted by Crippen LogP contribution is -2.15. The van der Waals surface area contributed by atoms with Crippen LogP contribution in [-0.4, -0.2) is 18.6 Å². The van der Waals surface area contributed by atoms with Crippen LogP contribution in [0.5, 0.6) is 0 Å². The summed E-state index contributed by atoms with van der Waals surface area (Å²) < 4.78 is 28.5. The lowest BCUT2D eigenvalue weighted by molar-refractivity contribution is 0.600. The van der Waals surface area contributed by atoms with Crippen molar-refractivity contribution in [1.82, 2.24) is 10.2 Å². The Morgan fingerprint density at radius 3 is 2.42 bits per heavy atom. The number of hydrogen-bond acceptors (Lipinski definition) is 4. The zero-order valence-electron chi connectivity index (χ0n) is 14.7. The van der Waals surface area contributed by atoms with Gasteiger partial charge in [0, 0.05) is 11.6 Å². The van der Waals surface area contributed by atoms with Crippen molar-refractivity contribution in [3.63, 3.8) is 0 Å². The van der Waals surface area contributed by atoms with Crippen LogP contribution in [-0.2, 0) is 10.0 Å². The Morgan fingerprint density at radius 1 is 0.962 bits per heavy atom. The van der Waals surface area contributed by atoms with Crippen LogP contribution in [0, 0.1) is 20.8 Å². The predicted octanol–water partition coefficient (Wildman–Crippen LogP) is 3.16. The van der Waals surface area contributed by atoms with Crippen LogP contribution in [0.2, 0.25) is 0 Å². The van der Waals surface area contributed by atoms with Crippen molar-refractivity contribution in [2.45, 2.75) is 25.7 Å². The minimum absolute atomic E-state index is 0.170. The third kappa shape index (κ3) is 3.52. The molecular formula is C19H19N3O3S. The molecule has 0 fully saturated rings. The van der Waals surface area contributed by atoms with E-state index in [9.17, 15) is 13.2 Å². The molecule has 1 aromatic heterocycles. The molecule has 0 spiro atoms. The summed E-state index contributed by atoms with van der Waals surface area (Å²) in [4.78, 5) is 11.3. The largest absolute Gasteiger partial charge is 0.279 e. The summed E-state index contributed by atoms with van der Waals surface area (Å²) in [6.45, 7) is 5.54. The molecule has 0 radical (unpaired) electrons. The Morgan fingerprint density at radius 2 is 1.73 bits per heavy atom. The predicted molar refractivity (Wildman–Crippen MR) is 102 cm³/mol. The first-order valence-electron chi connectivity index (χ1n) is 8.04. The van der Waals surface area contributed by atoms with E-state index in [4.69, 9.17) is 0 Å². The molecule has 0 aliphatic heterocycles. The van der Waals surface area contributed by atoms with Gasteiger partial charge in [0.2, 0.25) is 0 Å². The minimum Gasteiger partial charge on any atom is -0.279 e. The number of aromatic nitrogens is 2. The number of benzene rings is 2. The standard InChI is InChI=1S/C19H19N3O3S/c1-12-5-4-6-16(14(12)3)22-26(24,25)18-11-15(8-7-13(18)2)17-9-10-19(23)21-20-17/h4-11,22H,1-3H3,(H,21,23). The summed E-state index contributed by atoms with van der Waals surface area (Å²) in [5.74, 6) is 0. The minimum atomic E-state index is -3.77. The van der Waals surface area contributed by atoms with Crippen molar-refractivity contribution in [3.05, 3.63) is 75.6 Å². The van der Waals surface area contributed by atoms with Gasteiger partial charge in [0.15, 0.2) is 0 Å². The van der Waals surface area contributed by atoms with E-state index in [0.29, 0.717) is 22.5 Å². The van der Waals surface area contributed by atoms with E-state index in [1.807, 2.05) is 26.0 Å². The third-order valence-corrected chi connectivity index (χ3v) is 5.81. The molecular weight excluding hydrogens is 350 g/mol. The number of nitrogens with one attached hydrogen (secondary N) is 2. The second-order valence-corrected chi connectivity index (χ2v) is 7.79. The highest BCUT2D eigenvalue weighted by atomic mass is 32.2. The van der Waals surface area contributed by atoms with Gasteiger partial charge in [-0.15, -0.1) is 0 Å². The average molecular weight is 369 g/mol. The highest BCUT2D eigenvalue weighted by Gasteiger charge is 2.19. The molecule has 2 aromatic carbocycles. The molecule has 3 aromatic rings. The van der Waals surface area contributed by atoms with E-state index in [2.05, 4.69) is 14.9 Å². The molecule has 0 unspecified atom stereocenters. The third-order valence-electron chi connectivity index (χ3n) is 4.30. The molecule has 0 aliphatic carbocycles. The fourth-order valence-corrected chi connectivity index (χ4v) is 4.01. The Bertz CT molecular complexity index is 1110. The number of anilines is 1. The van der Waals surface area contributed by atoms with Gasteiger partial charge in [-0.2, -0.15) is 5.10 Å². The molecule has 0 saturated heterocycles. The summed E-state index contributed by atoms with van der Waals surface area (Å²) >= 11 is 0. The van der Waals surface area contributed by atoms with Gasteiger partial charge in [0.1, 0.15) is 0 Å². The van der Waals surface area contributed by atoms with Crippen molar-refractivity contribution in [2.24, 2.45) is 0 Å². The molecule has 0 amide bonds. The van der Waals surface area contributed by atoms with E-state index < -0.39 is 10.0 Å². The van der Waals surface area contributed by atoms with Gasteiger partial charge in [0.05, 0.1) is 16.3 Å². The van der Waals surface area contributed by atoms with Crippen LogP contribution in [0.25, 0.3) is 11.3 Å². The van der Waals surface area contributed by atoms with Gasteiger partial charge in [-0.3, -0.25) is 9.52 Å². The monoisotopic (exact) mass is 369 g/mol. The van der Waals surface area contributed by atoms with Crippen LogP contribution in [0.15, 0.2) is 58.2 Å². The number of aromatic amines is 1. The highest BCUT2D eigenvalue weighted by Crippen LogP contribution is 2.26. The van der Waals surface area contributed by atoms with Crippen LogP contribution in [0.4, 0.5) is 5.69 Å². The Kier molecular flexibility index (Phi) is 4.65. The first-order chi connectivity index (χ1) is 12.3. The second kappa shape index (κ2) is 6.76. The first-order valence-corrected chi connectivity index (χ1v) is 9.52. The lowest BCUT2D eigenvalue weighted by Gasteiger charge is -2.14. The molecule has 0 saturated carbocycles. The Labute approximate surface area is 152 Å². The smallest absolute Gasteiger partial charge is 0.264 e. The normalized spacial score (nSPS) is 11.3. The summed E-state index contributed by atoms with van der Waals surface area (Å²) in [5, 5.41) is 6.31. The lowest BCUT2D eigenvalue weighted by atomic mass is 10.1. The van der Waals surface area contributed by atoms with Gasteiger partial charge >= 0.3 is 0 Å². The topological polar surface area (TPSA) is 91.9 Å². The maximum absolute atomic E-state index is 12.9. The van der Waals surface area contributed by atoms with Crippen molar-refractivity contribution >= 4 is 15.7 Å². The van der Waals surface area contributed by atoms with Gasteiger partial charge < -0.3 is 0 Å². The van der Waals surface area contributed by atoms with Gasteiger partial charge in [-0.05, 0) is 55.7 Å². The number of aryl methyl sites for hydroxylation is 2. The van der Waals surface area contributed by atoms with Crippen molar-refractivity contribution < 1.29 is 8.42 Å². The molecule has 3 rings (SSSR count). The molecule has 0 bridgehead atoms. The maximum atomic E-state index is 12.9. The van der Waals surface area contributed by atoms with Crippen LogP contribution >= 0.6 is 0 Å². The van der Waals surface area contributed by atoms with E-state index in [1.54, 1.807) is 37.3 Å². The number of nitrogens with zero attached hydrogens (tertiary/aromatic N) is 1. The Hall–Kier alpha value is -2.93. The van der Waals surface area contributed by atoms with E-state index in [0.717, 1.165) is 11.1 Å². The summed E-state index contributed by atoms with van der Waals surface area (Å²) in [6.07, 6.45) is 0. The molecule has 2 N–H and O–H groups in total. The fourth-order valence-electron chi connectivity index (χ4n) is 2.62. The van der Waals surface area contributed by atoms with Gasteiger partial charge in [0.25, 0.3) is 15.6 Å².